The maximum atomic E-state index is 11.2. The predicted molar refractivity (Wildman–Crippen MR) is 44.4 cm³/mol. The molecule has 0 aromatic carbocycles. The molecule has 0 saturated carbocycles. The highest BCUT2D eigenvalue weighted by Gasteiger charge is 2.18. The average molecular weight is 159 g/mol. The average Bonchev–Trinajstić information content (AvgIpc) is 1.98. The number of ketones is 1. The minimum Gasteiger partial charge on any atom is -0.394 e. The molecule has 66 valence electrons. The number of hydrogen-bond acceptors (Lipinski definition) is 3. The summed E-state index contributed by atoms with van der Waals surface area (Å²) in [5.74, 6) is 0.0700. The number of Topliss-reactive ketones (excluding diaryl/α,β-unsaturated/α-hetero) is 1. The summed E-state index contributed by atoms with van der Waals surface area (Å²) in [5.41, 5.74) is 0. The van der Waals surface area contributed by atoms with Gasteiger partial charge in [-0.05, 0) is 6.54 Å². The Kier molecular flexibility index (Phi) is 5.07. The van der Waals surface area contributed by atoms with E-state index in [4.69, 9.17) is 5.11 Å². The fraction of sp³-hybridized carbons (Fsp3) is 0.875. The lowest BCUT2D eigenvalue weighted by molar-refractivity contribution is -0.124. The lowest BCUT2D eigenvalue weighted by Gasteiger charge is -2.15. The lowest BCUT2D eigenvalue weighted by atomic mass is 10.0. The van der Waals surface area contributed by atoms with Gasteiger partial charge in [0.05, 0.1) is 12.6 Å². The smallest absolute Gasteiger partial charge is 0.154 e. The van der Waals surface area contributed by atoms with Crippen molar-refractivity contribution < 1.29 is 9.90 Å². The molecule has 0 spiro atoms. The number of aliphatic hydroxyl groups excluding tert-OH is 1. The Labute approximate surface area is 67.8 Å². The summed E-state index contributed by atoms with van der Waals surface area (Å²) in [6.45, 7) is 6.19. The second kappa shape index (κ2) is 5.27. The maximum absolute atomic E-state index is 11.2. The van der Waals surface area contributed by atoms with Crippen LogP contribution in [-0.2, 0) is 4.79 Å². The summed E-state index contributed by atoms with van der Waals surface area (Å²) in [6.07, 6.45) is 0. The fourth-order valence-corrected chi connectivity index (χ4v) is 0.904. The van der Waals surface area contributed by atoms with Gasteiger partial charge in [-0.25, -0.2) is 0 Å². The molecule has 3 nitrogen and oxygen atoms in total. The van der Waals surface area contributed by atoms with E-state index >= 15 is 0 Å². The van der Waals surface area contributed by atoms with E-state index in [2.05, 4.69) is 5.32 Å². The molecule has 1 unspecified atom stereocenters. The maximum Gasteiger partial charge on any atom is 0.154 e. The van der Waals surface area contributed by atoms with Crippen molar-refractivity contribution in [3.05, 3.63) is 0 Å². The van der Waals surface area contributed by atoms with Gasteiger partial charge >= 0.3 is 0 Å². The van der Waals surface area contributed by atoms with E-state index in [9.17, 15) is 4.79 Å². The van der Waals surface area contributed by atoms with E-state index in [-0.39, 0.29) is 24.3 Å². The van der Waals surface area contributed by atoms with Crippen LogP contribution in [0.4, 0.5) is 0 Å². The minimum absolute atomic E-state index is 0.00815. The van der Waals surface area contributed by atoms with E-state index in [1.54, 1.807) is 0 Å². The molecule has 0 fully saturated rings. The molecule has 1 atom stereocenters. The molecule has 0 amide bonds. The van der Waals surface area contributed by atoms with Crippen molar-refractivity contribution in [2.75, 3.05) is 13.2 Å². The molecule has 0 aromatic heterocycles. The quantitative estimate of drug-likeness (QED) is 0.601. The van der Waals surface area contributed by atoms with Crippen molar-refractivity contribution >= 4 is 5.78 Å². The van der Waals surface area contributed by atoms with Crippen molar-refractivity contribution in [1.82, 2.24) is 5.32 Å². The van der Waals surface area contributed by atoms with Gasteiger partial charge in [0, 0.05) is 5.92 Å². The Morgan fingerprint density at radius 1 is 1.55 bits per heavy atom. The summed E-state index contributed by atoms with van der Waals surface area (Å²) in [6, 6.07) is -0.375. The molecule has 0 aliphatic carbocycles. The van der Waals surface area contributed by atoms with E-state index in [1.807, 2.05) is 20.8 Å². The monoisotopic (exact) mass is 159 g/mol. The van der Waals surface area contributed by atoms with Crippen LogP contribution in [-0.4, -0.2) is 30.1 Å². The summed E-state index contributed by atoms with van der Waals surface area (Å²) in [7, 11) is 0. The highest BCUT2D eigenvalue weighted by molar-refractivity contribution is 5.85. The van der Waals surface area contributed by atoms with Crippen molar-refractivity contribution in [2.45, 2.75) is 26.8 Å². The van der Waals surface area contributed by atoms with Crippen LogP contribution < -0.4 is 5.32 Å². The third-order valence-corrected chi connectivity index (χ3v) is 1.55. The van der Waals surface area contributed by atoms with E-state index in [0.29, 0.717) is 6.54 Å². The number of hydrogen-bond donors (Lipinski definition) is 2. The predicted octanol–water partition coefficient (Wildman–Crippen LogP) is 0.182. The van der Waals surface area contributed by atoms with Gasteiger partial charge in [-0.1, -0.05) is 20.8 Å². The molecule has 3 heteroatoms. The normalized spacial score (nSPS) is 13.5. The number of nitrogens with one attached hydrogen (secondary N) is 1. The van der Waals surface area contributed by atoms with Crippen LogP contribution in [0, 0.1) is 5.92 Å². The van der Waals surface area contributed by atoms with Gasteiger partial charge in [0.25, 0.3) is 0 Å². The topological polar surface area (TPSA) is 49.3 Å². The number of rotatable bonds is 5. The van der Waals surface area contributed by atoms with Gasteiger partial charge in [0.2, 0.25) is 0 Å². The van der Waals surface area contributed by atoms with E-state index in [1.165, 1.54) is 0 Å². The summed E-state index contributed by atoms with van der Waals surface area (Å²) in [4.78, 5) is 11.2. The number of likely N-dealkylation sites (N-methyl/N-ethyl adjacent to an activating group) is 1. The first-order valence-corrected chi connectivity index (χ1v) is 4.01. The zero-order chi connectivity index (χ0) is 8.85. The summed E-state index contributed by atoms with van der Waals surface area (Å²) < 4.78 is 0. The molecule has 0 heterocycles. The molecule has 0 aromatic rings. The molecule has 11 heavy (non-hydrogen) atoms. The Bertz CT molecular complexity index is 123. The Balaban J connectivity index is 3.92. The van der Waals surface area contributed by atoms with Crippen molar-refractivity contribution in [3.8, 4) is 0 Å². The third-order valence-electron chi connectivity index (χ3n) is 1.55. The summed E-state index contributed by atoms with van der Waals surface area (Å²) in [5, 5.41) is 11.7. The van der Waals surface area contributed by atoms with Gasteiger partial charge in [-0.3, -0.25) is 4.79 Å². The molecule has 0 saturated heterocycles. The second-order valence-electron chi connectivity index (χ2n) is 2.85. The molecule has 0 aliphatic rings. The molecule has 2 N–H and O–H groups in total. The Hall–Kier alpha value is -0.410. The van der Waals surface area contributed by atoms with Gasteiger partial charge in [-0.2, -0.15) is 0 Å². The van der Waals surface area contributed by atoms with Gasteiger partial charge in [0.15, 0.2) is 5.78 Å². The van der Waals surface area contributed by atoms with Crippen LogP contribution in [0.15, 0.2) is 0 Å². The van der Waals surface area contributed by atoms with Crippen LogP contribution in [0.25, 0.3) is 0 Å². The van der Waals surface area contributed by atoms with Crippen molar-refractivity contribution in [1.29, 1.82) is 0 Å². The number of aliphatic hydroxyl groups is 1. The first-order valence-electron chi connectivity index (χ1n) is 4.01. The molecule has 0 rings (SSSR count). The molecule has 0 radical (unpaired) electrons. The molecule has 0 aliphatic heterocycles. The Morgan fingerprint density at radius 3 is 2.36 bits per heavy atom. The minimum atomic E-state index is -0.375. The van der Waals surface area contributed by atoms with Gasteiger partial charge in [-0.15, -0.1) is 0 Å². The Morgan fingerprint density at radius 2 is 2.09 bits per heavy atom. The van der Waals surface area contributed by atoms with Crippen LogP contribution in [0.1, 0.15) is 20.8 Å². The van der Waals surface area contributed by atoms with E-state index < -0.39 is 0 Å². The largest absolute Gasteiger partial charge is 0.394 e. The fourth-order valence-electron chi connectivity index (χ4n) is 0.904. The zero-order valence-electron chi connectivity index (χ0n) is 7.42. The summed E-state index contributed by atoms with van der Waals surface area (Å²) >= 11 is 0. The number of carbonyl (C=O) groups is 1. The highest BCUT2D eigenvalue weighted by atomic mass is 16.3. The number of carbonyl (C=O) groups excluding carboxylic acids is 1. The van der Waals surface area contributed by atoms with Crippen LogP contribution in [0.5, 0.6) is 0 Å². The SMILES string of the molecule is CCNC(CO)C(=O)C(C)C. The molecule has 0 bridgehead atoms. The third kappa shape index (κ3) is 3.49. The first-order chi connectivity index (χ1) is 5.13. The van der Waals surface area contributed by atoms with Gasteiger partial charge < -0.3 is 10.4 Å². The van der Waals surface area contributed by atoms with Gasteiger partial charge in [0.1, 0.15) is 0 Å². The molecular weight excluding hydrogens is 142 g/mol. The van der Waals surface area contributed by atoms with Crippen LogP contribution in [0.3, 0.4) is 0 Å². The molecular formula is C8H17NO2. The first kappa shape index (κ1) is 10.6. The van der Waals surface area contributed by atoms with Crippen molar-refractivity contribution in [2.24, 2.45) is 5.92 Å². The van der Waals surface area contributed by atoms with Crippen LogP contribution >= 0.6 is 0 Å². The standard InChI is InChI=1S/C8H17NO2/c1-4-9-7(5-10)8(11)6(2)3/h6-7,9-10H,4-5H2,1-3H3. The van der Waals surface area contributed by atoms with E-state index in [0.717, 1.165) is 0 Å². The second-order valence-corrected chi connectivity index (χ2v) is 2.85. The highest BCUT2D eigenvalue weighted by Crippen LogP contribution is 1.98. The van der Waals surface area contributed by atoms with Crippen LogP contribution in [0.2, 0.25) is 0 Å². The lowest BCUT2D eigenvalue weighted by Crippen LogP contribution is -2.41. The van der Waals surface area contributed by atoms with Crippen molar-refractivity contribution in [3.63, 3.8) is 0 Å². The zero-order valence-corrected chi connectivity index (χ0v) is 7.42.